The van der Waals surface area contributed by atoms with Gasteiger partial charge in [0.15, 0.2) is 10.6 Å². The Hall–Kier alpha value is -2.73. The number of hydrogen-bond donors (Lipinski definition) is 3. The normalized spacial score (nSPS) is 15.2. The van der Waals surface area contributed by atoms with Gasteiger partial charge >= 0.3 is 0 Å². The number of H-pyrrole nitrogens is 2. The van der Waals surface area contributed by atoms with Gasteiger partial charge in [0, 0.05) is 5.57 Å². The minimum absolute atomic E-state index is 0.0231. The summed E-state index contributed by atoms with van der Waals surface area (Å²) >= 11 is 4.77. The molecule has 0 radical (unpaired) electrons. The highest BCUT2D eigenvalue weighted by Crippen LogP contribution is 2.28. The fraction of sp³-hybridized carbons (Fsp3) is 0. The number of benzene rings is 1. The number of carbonyl (C=O) groups excluding carboxylic acids is 1. The number of aromatic amines is 2. The van der Waals surface area contributed by atoms with Crippen LogP contribution in [0.15, 0.2) is 35.1 Å². The maximum absolute atomic E-state index is 12.1. The van der Waals surface area contributed by atoms with Crippen molar-refractivity contribution in [3.8, 4) is 5.88 Å². The second kappa shape index (κ2) is 4.99. The molecule has 0 bridgehead atoms. The van der Waals surface area contributed by atoms with Gasteiger partial charge in [-0.05, 0) is 35.5 Å². The largest absolute Gasteiger partial charge is 0.494 e. The van der Waals surface area contributed by atoms with Crippen LogP contribution in [0.5, 0.6) is 5.88 Å². The number of hydrogen-bond acceptors (Lipinski definition) is 4. The monoisotopic (exact) mass is 298 g/mol. The smallest absolute Gasteiger partial charge is 0.262 e. The lowest BCUT2D eigenvalue weighted by Crippen LogP contribution is -2.12. The van der Waals surface area contributed by atoms with Crippen molar-refractivity contribution in [3.05, 3.63) is 62.2 Å². The Labute approximate surface area is 124 Å². The Morgan fingerprint density at radius 3 is 2.62 bits per heavy atom. The summed E-state index contributed by atoms with van der Waals surface area (Å²) in [7, 11) is 0. The van der Waals surface area contributed by atoms with Crippen LogP contribution in [0.3, 0.4) is 0 Å². The molecule has 3 N–H and O–H groups in total. The van der Waals surface area contributed by atoms with E-state index in [4.69, 9.17) is 12.2 Å². The summed E-state index contributed by atoms with van der Waals surface area (Å²) in [5, 5.41) is 9.82. The summed E-state index contributed by atoms with van der Waals surface area (Å²) in [4.78, 5) is 28.8. The lowest BCUT2D eigenvalue weighted by molar-refractivity contribution is -0.109. The molecule has 0 saturated carbocycles. The number of aromatic nitrogens is 2. The summed E-state index contributed by atoms with van der Waals surface area (Å²) in [6, 6.07) is 7.33. The van der Waals surface area contributed by atoms with Crippen LogP contribution in [-0.2, 0) is 4.79 Å². The van der Waals surface area contributed by atoms with Gasteiger partial charge in [-0.25, -0.2) is 0 Å². The van der Waals surface area contributed by atoms with Gasteiger partial charge in [0.25, 0.3) is 5.56 Å². The molecule has 0 amide bonds. The van der Waals surface area contributed by atoms with E-state index >= 15 is 0 Å². The van der Waals surface area contributed by atoms with Crippen LogP contribution in [-0.4, -0.2) is 20.9 Å². The zero-order valence-electron chi connectivity index (χ0n) is 10.7. The van der Waals surface area contributed by atoms with Crippen LogP contribution >= 0.6 is 12.2 Å². The SMILES string of the molecule is O=C1C=Cc2ccccc2/C1=C\c1c(O)[nH]c(=S)[nH]c1=O. The van der Waals surface area contributed by atoms with Crippen molar-refractivity contribution in [2.45, 2.75) is 0 Å². The average molecular weight is 298 g/mol. The molecule has 0 saturated heterocycles. The van der Waals surface area contributed by atoms with Crippen molar-refractivity contribution < 1.29 is 9.90 Å². The summed E-state index contributed by atoms with van der Waals surface area (Å²) in [5.41, 5.74) is 1.36. The standard InChI is InChI=1S/C15H10N2O3S/c18-12-6-5-8-3-1-2-4-9(8)10(12)7-11-13(19)16-15(21)17-14(11)20/h1-7H,(H3,16,17,19,20,21)/b10-7+. The molecule has 6 heteroatoms. The lowest BCUT2D eigenvalue weighted by Gasteiger charge is -2.13. The molecule has 0 aliphatic heterocycles. The lowest BCUT2D eigenvalue weighted by atomic mass is 9.90. The van der Waals surface area contributed by atoms with Gasteiger partial charge in [-0.15, -0.1) is 0 Å². The van der Waals surface area contributed by atoms with E-state index in [1.807, 2.05) is 18.2 Å². The summed E-state index contributed by atoms with van der Waals surface area (Å²) in [6.07, 6.45) is 4.52. The first-order chi connectivity index (χ1) is 10.1. The van der Waals surface area contributed by atoms with E-state index in [2.05, 4.69) is 9.97 Å². The van der Waals surface area contributed by atoms with E-state index in [9.17, 15) is 14.7 Å². The van der Waals surface area contributed by atoms with Gasteiger partial charge in [0.05, 0.1) is 0 Å². The van der Waals surface area contributed by atoms with E-state index in [0.29, 0.717) is 11.1 Å². The number of rotatable bonds is 1. The molecule has 0 unspecified atom stereocenters. The zero-order valence-corrected chi connectivity index (χ0v) is 11.5. The van der Waals surface area contributed by atoms with E-state index in [0.717, 1.165) is 5.56 Å². The van der Waals surface area contributed by atoms with Gasteiger partial charge in [0.2, 0.25) is 5.88 Å². The molecule has 0 fully saturated rings. The second-order valence-corrected chi connectivity index (χ2v) is 4.92. The number of nitrogens with one attached hydrogen (secondary N) is 2. The average Bonchev–Trinajstić information content (AvgIpc) is 2.44. The second-order valence-electron chi connectivity index (χ2n) is 4.51. The van der Waals surface area contributed by atoms with Crippen molar-refractivity contribution in [1.82, 2.24) is 9.97 Å². The number of fused-ring (bicyclic) bond motifs is 1. The topological polar surface area (TPSA) is 85.9 Å². The Balaban J connectivity index is 2.25. The molecule has 1 heterocycles. The minimum Gasteiger partial charge on any atom is -0.494 e. The van der Waals surface area contributed by atoms with Crippen molar-refractivity contribution >= 4 is 35.7 Å². The summed E-state index contributed by atoms with van der Waals surface area (Å²) in [5.74, 6) is -0.592. The molecular formula is C15H10N2O3S. The van der Waals surface area contributed by atoms with Crippen molar-refractivity contribution in [2.75, 3.05) is 0 Å². The van der Waals surface area contributed by atoms with Gasteiger partial charge in [0.1, 0.15) is 5.56 Å². The third kappa shape index (κ3) is 2.36. The molecule has 104 valence electrons. The fourth-order valence-corrected chi connectivity index (χ4v) is 2.38. The molecule has 1 aliphatic rings. The highest BCUT2D eigenvalue weighted by atomic mass is 32.1. The first-order valence-corrected chi connectivity index (χ1v) is 6.56. The highest BCUT2D eigenvalue weighted by molar-refractivity contribution is 7.71. The van der Waals surface area contributed by atoms with Crippen molar-refractivity contribution in [1.29, 1.82) is 0 Å². The van der Waals surface area contributed by atoms with Crippen molar-refractivity contribution in [3.63, 3.8) is 0 Å². The Morgan fingerprint density at radius 2 is 1.86 bits per heavy atom. The Bertz CT molecular complexity index is 919. The van der Waals surface area contributed by atoms with E-state index in [1.165, 1.54) is 12.2 Å². The van der Waals surface area contributed by atoms with Crippen molar-refractivity contribution in [2.24, 2.45) is 0 Å². The van der Waals surface area contributed by atoms with Crippen LogP contribution in [0.4, 0.5) is 0 Å². The number of allylic oxidation sites excluding steroid dienone is 2. The molecule has 5 nitrogen and oxygen atoms in total. The van der Waals surface area contributed by atoms with E-state index in [1.54, 1.807) is 12.1 Å². The zero-order chi connectivity index (χ0) is 15.0. The Kier molecular flexibility index (Phi) is 3.15. The van der Waals surface area contributed by atoms with Gasteiger partial charge in [-0.3, -0.25) is 14.6 Å². The number of ketones is 1. The molecule has 1 aromatic heterocycles. The summed E-state index contributed by atoms with van der Waals surface area (Å²) < 4.78 is 0.0231. The van der Waals surface area contributed by atoms with Crippen LogP contribution in [0.1, 0.15) is 16.7 Å². The first kappa shape index (κ1) is 13.3. The maximum atomic E-state index is 12.1. The van der Waals surface area contributed by atoms with E-state index < -0.39 is 5.56 Å². The minimum atomic E-state index is -0.552. The Morgan fingerprint density at radius 1 is 1.10 bits per heavy atom. The van der Waals surface area contributed by atoms with Crippen LogP contribution in [0, 0.1) is 4.77 Å². The van der Waals surface area contributed by atoms with Gasteiger partial charge in [-0.2, -0.15) is 0 Å². The molecule has 0 spiro atoms. The molecule has 3 rings (SSSR count). The fourth-order valence-electron chi connectivity index (χ4n) is 2.19. The van der Waals surface area contributed by atoms with Crippen LogP contribution in [0.2, 0.25) is 0 Å². The molecular weight excluding hydrogens is 288 g/mol. The third-order valence-corrected chi connectivity index (χ3v) is 3.38. The predicted molar refractivity (Wildman–Crippen MR) is 82.3 cm³/mol. The third-order valence-electron chi connectivity index (χ3n) is 3.18. The van der Waals surface area contributed by atoms with Gasteiger partial charge in [-0.1, -0.05) is 30.3 Å². The summed E-state index contributed by atoms with van der Waals surface area (Å²) in [6.45, 7) is 0. The van der Waals surface area contributed by atoms with E-state index in [-0.39, 0.29) is 22.0 Å². The maximum Gasteiger partial charge on any atom is 0.262 e. The quantitative estimate of drug-likeness (QED) is 0.557. The highest BCUT2D eigenvalue weighted by Gasteiger charge is 2.18. The van der Waals surface area contributed by atoms with Crippen LogP contribution in [0.25, 0.3) is 17.7 Å². The number of carbonyl (C=O) groups is 1. The molecule has 21 heavy (non-hydrogen) atoms. The number of aromatic hydroxyl groups is 1. The molecule has 1 aliphatic carbocycles. The molecule has 2 aromatic rings. The first-order valence-electron chi connectivity index (χ1n) is 6.15. The molecule has 1 aromatic carbocycles. The predicted octanol–water partition coefficient (Wildman–Crippen LogP) is 2.27. The van der Waals surface area contributed by atoms with Crippen LogP contribution < -0.4 is 5.56 Å². The van der Waals surface area contributed by atoms with Gasteiger partial charge < -0.3 is 10.1 Å². The molecule has 0 atom stereocenters.